The molecule has 0 radical (unpaired) electrons. The fourth-order valence-corrected chi connectivity index (χ4v) is 3.76. The molecule has 0 bridgehead atoms. The molecule has 2 N–H and O–H groups in total. The molecule has 0 saturated carbocycles. The lowest BCUT2D eigenvalue weighted by Crippen LogP contribution is -2.17. The van der Waals surface area contributed by atoms with Crippen LogP contribution in [0.2, 0.25) is 0 Å². The van der Waals surface area contributed by atoms with Crippen LogP contribution in [0.25, 0.3) is 11.4 Å². The number of carbonyl (C=O) groups is 2. The van der Waals surface area contributed by atoms with Gasteiger partial charge in [-0.3, -0.25) is 9.59 Å². The first-order valence-electron chi connectivity index (χ1n) is 11.9. The van der Waals surface area contributed by atoms with Gasteiger partial charge >= 0.3 is 0 Å². The number of aromatic nitrogens is 2. The Labute approximate surface area is 219 Å². The molecule has 0 aliphatic rings. The number of hydrogen-bond donors (Lipinski definition) is 2. The second-order valence-electron chi connectivity index (χ2n) is 8.34. The van der Waals surface area contributed by atoms with Gasteiger partial charge in [-0.15, -0.1) is 0 Å². The molecule has 0 atom stereocenters. The van der Waals surface area contributed by atoms with E-state index >= 15 is 0 Å². The predicted molar refractivity (Wildman–Crippen MR) is 148 cm³/mol. The number of hydrogen-bond acceptors (Lipinski definition) is 4. The van der Waals surface area contributed by atoms with Crippen molar-refractivity contribution in [2.45, 2.75) is 0 Å². The van der Waals surface area contributed by atoms with Crippen molar-refractivity contribution in [1.29, 1.82) is 0 Å². The second-order valence-corrected chi connectivity index (χ2v) is 8.34. The van der Waals surface area contributed by atoms with Crippen LogP contribution in [-0.4, -0.2) is 33.4 Å². The van der Waals surface area contributed by atoms with Crippen LogP contribution < -0.4 is 10.9 Å². The van der Waals surface area contributed by atoms with Gasteiger partial charge in [-0.2, -0.15) is 10.2 Å². The third-order valence-electron chi connectivity index (χ3n) is 5.73. The lowest BCUT2D eigenvalue weighted by molar-refractivity contribution is 0.0947. The molecule has 2 aromatic heterocycles. The number of nitrogens with zero attached hydrogens (tertiary/aromatic N) is 4. The summed E-state index contributed by atoms with van der Waals surface area (Å²) in [5, 5.41) is 8.12. The van der Waals surface area contributed by atoms with Gasteiger partial charge in [-0.25, -0.2) is 10.9 Å². The normalized spacial score (nSPS) is 11.2. The first kappa shape index (κ1) is 24.2. The van der Waals surface area contributed by atoms with Crippen molar-refractivity contribution >= 4 is 24.2 Å². The van der Waals surface area contributed by atoms with E-state index in [1.165, 1.54) is 0 Å². The monoisotopic (exact) mass is 500 g/mol. The smallest absolute Gasteiger partial charge is 0.271 e. The van der Waals surface area contributed by atoms with Gasteiger partial charge in [0.2, 0.25) is 0 Å². The lowest BCUT2D eigenvalue weighted by Gasteiger charge is -2.05. The van der Waals surface area contributed by atoms with Gasteiger partial charge in [-0.05, 0) is 90.0 Å². The van der Waals surface area contributed by atoms with Crippen LogP contribution in [0, 0.1) is 0 Å². The molecule has 0 spiro atoms. The van der Waals surface area contributed by atoms with Crippen LogP contribution in [-0.2, 0) is 0 Å². The van der Waals surface area contributed by atoms with Gasteiger partial charge in [-0.1, -0.05) is 18.2 Å². The number of amides is 2. The van der Waals surface area contributed by atoms with Crippen molar-refractivity contribution in [2.24, 2.45) is 10.2 Å². The van der Waals surface area contributed by atoms with E-state index < -0.39 is 0 Å². The molecule has 0 aliphatic heterocycles. The summed E-state index contributed by atoms with van der Waals surface area (Å²) in [5.74, 6) is -0.607. The van der Waals surface area contributed by atoms with Crippen LogP contribution in [0.3, 0.4) is 0 Å². The van der Waals surface area contributed by atoms with E-state index in [2.05, 4.69) is 21.1 Å². The molecule has 0 aliphatic carbocycles. The van der Waals surface area contributed by atoms with E-state index in [9.17, 15) is 9.59 Å². The van der Waals surface area contributed by atoms with Crippen LogP contribution in [0.1, 0.15) is 31.8 Å². The Hall–Kier alpha value is -5.50. The Morgan fingerprint density at radius 2 is 0.947 bits per heavy atom. The summed E-state index contributed by atoms with van der Waals surface area (Å²) in [6, 6.07) is 29.7. The Balaban J connectivity index is 1.13. The van der Waals surface area contributed by atoms with E-state index in [-0.39, 0.29) is 11.8 Å². The molecule has 0 unspecified atom stereocenters. The molecule has 8 heteroatoms. The van der Waals surface area contributed by atoms with Crippen molar-refractivity contribution < 1.29 is 9.59 Å². The molecule has 0 fully saturated rings. The maximum atomic E-state index is 12.4. The van der Waals surface area contributed by atoms with E-state index in [1.54, 1.807) is 36.7 Å². The third-order valence-corrected chi connectivity index (χ3v) is 5.73. The van der Waals surface area contributed by atoms with Gasteiger partial charge < -0.3 is 9.13 Å². The number of rotatable bonds is 8. The van der Waals surface area contributed by atoms with Gasteiger partial charge in [0, 0.05) is 47.3 Å². The highest BCUT2D eigenvalue weighted by molar-refractivity contribution is 5.96. The summed E-state index contributed by atoms with van der Waals surface area (Å²) in [5.41, 5.74) is 9.57. The number of nitrogens with one attached hydrogen (secondary N) is 2. The van der Waals surface area contributed by atoms with Crippen molar-refractivity contribution in [3.05, 3.63) is 144 Å². The largest absolute Gasteiger partial charge is 0.324 e. The number of hydrazone groups is 2. The third kappa shape index (κ3) is 6.00. The molecule has 5 aromatic rings. The van der Waals surface area contributed by atoms with Crippen molar-refractivity contribution in [2.75, 3.05) is 0 Å². The molecular weight excluding hydrogens is 476 g/mol. The Bertz CT molecular complexity index is 1450. The van der Waals surface area contributed by atoms with Crippen LogP contribution in [0.15, 0.2) is 132 Å². The van der Waals surface area contributed by atoms with Gasteiger partial charge in [0.25, 0.3) is 11.8 Å². The zero-order chi connectivity index (χ0) is 26.2. The minimum Gasteiger partial charge on any atom is -0.324 e. The summed E-state index contributed by atoms with van der Waals surface area (Å²) in [6.07, 6.45) is 10.9. The summed E-state index contributed by atoms with van der Waals surface area (Å²) in [4.78, 5) is 24.8. The minimum absolute atomic E-state index is 0.304. The van der Waals surface area contributed by atoms with Crippen LogP contribution in [0.5, 0.6) is 0 Å². The summed E-state index contributed by atoms with van der Waals surface area (Å²) < 4.78 is 3.92. The fourth-order valence-electron chi connectivity index (χ4n) is 3.76. The average molecular weight is 501 g/mol. The first-order valence-corrected chi connectivity index (χ1v) is 11.9. The molecule has 0 saturated heterocycles. The summed E-state index contributed by atoms with van der Waals surface area (Å²) in [6.45, 7) is 0. The fraction of sp³-hybridized carbons (Fsp3) is 0. The maximum Gasteiger partial charge on any atom is 0.271 e. The molecular formula is C30H24N6O2. The summed E-state index contributed by atoms with van der Waals surface area (Å²) >= 11 is 0. The molecule has 3 aromatic carbocycles. The lowest BCUT2D eigenvalue weighted by atomic mass is 10.1. The molecule has 186 valence electrons. The zero-order valence-electron chi connectivity index (χ0n) is 20.3. The average Bonchev–Trinajstić information content (AvgIpc) is 3.69. The van der Waals surface area contributed by atoms with Gasteiger partial charge in [0.05, 0.1) is 12.4 Å². The quantitative estimate of drug-likeness (QED) is 0.237. The highest BCUT2D eigenvalue weighted by Gasteiger charge is 2.06. The Morgan fingerprint density at radius 3 is 1.34 bits per heavy atom. The topological polar surface area (TPSA) is 92.8 Å². The van der Waals surface area contributed by atoms with Gasteiger partial charge in [0.15, 0.2) is 0 Å². The second kappa shape index (κ2) is 11.5. The van der Waals surface area contributed by atoms with Gasteiger partial charge in [0.1, 0.15) is 0 Å². The Kier molecular flexibility index (Phi) is 7.32. The van der Waals surface area contributed by atoms with Crippen molar-refractivity contribution in [3.63, 3.8) is 0 Å². The first-order chi connectivity index (χ1) is 18.7. The van der Waals surface area contributed by atoms with E-state index in [0.717, 1.165) is 22.5 Å². The molecule has 38 heavy (non-hydrogen) atoms. The maximum absolute atomic E-state index is 12.4. The molecule has 5 rings (SSSR count). The highest BCUT2D eigenvalue weighted by atomic mass is 16.2. The number of carbonyl (C=O) groups excluding carboxylic acids is 2. The zero-order valence-corrected chi connectivity index (χ0v) is 20.3. The van der Waals surface area contributed by atoms with Crippen molar-refractivity contribution in [1.82, 2.24) is 20.0 Å². The van der Waals surface area contributed by atoms with E-state index in [4.69, 9.17) is 0 Å². The minimum atomic E-state index is -0.304. The summed E-state index contributed by atoms with van der Waals surface area (Å²) in [7, 11) is 0. The molecule has 8 nitrogen and oxygen atoms in total. The molecule has 2 heterocycles. The van der Waals surface area contributed by atoms with E-state index in [1.807, 2.05) is 107 Å². The predicted octanol–water partition coefficient (Wildman–Crippen LogP) is 4.80. The number of benzene rings is 3. The highest BCUT2D eigenvalue weighted by Crippen LogP contribution is 2.11. The van der Waals surface area contributed by atoms with E-state index in [0.29, 0.717) is 11.1 Å². The Morgan fingerprint density at radius 1 is 0.553 bits per heavy atom. The standard InChI is InChI=1S/C30H24N6O2/c37-29(25-8-12-27(13-9-25)35-16-1-2-17-35)33-31-21-23-6-5-7-24(20-23)22-32-34-30(38)26-10-14-28(15-11-26)36-18-3-4-19-36/h1-22H,(H,33,37)(H,34,38). The van der Waals surface area contributed by atoms with Crippen LogP contribution in [0.4, 0.5) is 0 Å². The van der Waals surface area contributed by atoms with Crippen LogP contribution >= 0.6 is 0 Å². The molecule has 2 amide bonds. The van der Waals surface area contributed by atoms with Crippen molar-refractivity contribution in [3.8, 4) is 11.4 Å². The SMILES string of the molecule is O=C(NN=Cc1cccc(C=NNC(=O)c2ccc(-n3cccc3)cc2)c1)c1ccc(-n2cccc2)cc1.